The van der Waals surface area contributed by atoms with Crippen molar-refractivity contribution in [3.63, 3.8) is 0 Å². The standard InChI is InChI=1S/C29H31NSSi/c1-17(2)25-15-21(14-20-12-18(3)19(4)13-26(20)25)28-29-24(10-11-30-28)23-9-8-22(32(5,6)7)16-27(23)31-29/h8-17H,1-7H3. The number of aromatic nitrogens is 1. The summed E-state index contributed by atoms with van der Waals surface area (Å²) in [7, 11) is -1.35. The fraction of sp³-hybridized carbons (Fsp3) is 0.276. The van der Waals surface area contributed by atoms with Crippen molar-refractivity contribution >= 4 is 55.5 Å². The number of aryl methyl sites for hydroxylation is 2. The van der Waals surface area contributed by atoms with Gasteiger partial charge in [0.05, 0.1) is 18.5 Å². The third-order valence-corrected chi connectivity index (χ3v) is 9.97. The first-order chi connectivity index (χ1) is 15.1. The second-order valence-electron chi connectivity index (χ2n) is 10.5. The zero-order valence-corrected chi connectivity index (χ0v) is 21.9. The lowest BCUT2D eigenvalue weighted by atomic mass is 9.90. The summed E-state index contributed by atoms with van der Waals surface area (Å²) in [5.41, 5.74) is 6.44. The minimum Gasteiger partial charge on any atom is -0.255 e. The molecule has 5 rings (SSSR count). The highest BCUT2D eigenvalue weighted by molar-refractivity contribution is 7.26. The van der Waals surface area contributed by atoms with E-state index < -0.39 is 8.07 Å². The molecule has 0 atom stereocenters. The van der Waals surface area contributed by atoms with E-state index in [1.807, 2.05) is 17.5 Å². The molecule has 1 nitrogen and oxygen atoms in total. The average molecular weight is 454 g/mol. The average Bonchev–Trinajstić information content (AvgIpc) is 3.11. The van der Waals surface area contributed by atoms with Crippen LogP contribution in [0.15, 0.2) is 54.7 Å². The number of pyridine rings is 1. The van der Waals surface area contributed by atoms with Crippen LogP contribution in [0.25, 0.3) is 42.2 Å². The van der Waals surface area contributed by atoms with Crippen LogP contribution in [-0.4, -0.2) is 13.1 Å². The first-order valence-electron chi connectivity index (χ1n) is 11.5. The summed E-state index contributed by atoms with van der Waals surface area (Å²) >= 11 is 1.90. The van der Waals surface area contributed by atoms with Crippen molar-refractivity contribution in [3.8, 4) is 11.3 Å². The van der Waals surface area contributed by atoms with E-state index in [0.29, 0.717) is 5.92 Å². The fourth-order valence-corrected chi connectivity index (χ4v) is 7.17. The maximum Gasteiger partial charge on any atom is 0.0880 e. The Hall–Kier alpha value is -2.49. The van der Waals surface area contributed by atoms with E-state index in [2.05, 4.69) is 95.9 Å². The van der Waals surface area contributed by atoms with E-state index in [1.165, 1.54) is 58.4 Å². The van der Waals surface area contributed by atoms with Crippen LogP contribution >= 0.6 is 11.3 Å². The quantitative estimate of drug-likeness (QED) is 0.249. The van der Waals surface area contributed by atoms with Gasteiger partial charge < -0.3 is 0 Å². The summed E-state index contributed by atoms with van der Waals surface area (Å²) in [5.74, 6) is 0.459. The van der Waals surface area contributed by atoms with Gasteiger partial charge in [0, 0.05) is 27.2 Å². The van der Waals surface area contributed by atoms with Gasteiger partial charge in [-0.05, 0) is 71.5 Å². The van der Waals surface area contributed by atoms with E-state index >= 15 is 0 Å². The third kappa shape index (κ3) is 3.48. The summed E-state index contributed by atoms with van der Waals surface area (Å²) in [4.78, 5) is 4.91. The van der Waals surface area contributed by atoms with Gasteiger partial charge in [0.1, 0.15) is 0 Å². The number of hydrogen-bond donors (Lipinski definition) is 0. The lowest BCUT2D eigenvalue weighted by molar-refractivity contribution is 0.876. The number of hydrogen-bond acceptors (Lipinski definition) is 2. The van der Waals surface area contributed by atoms with Crippen LogP contribution in [0.4, 0.5) is 0 Å². The largest absolute Gasteiger partial charge is 0.255 e. The van der Waals surface area contributed by atoms with Crippen LogP contribution in [-0.2, 0) is 0 Å². The topological polar surface area (TPSA) is 12.9 Å². The Labute approximate surface area is 196 Å². The van der Waals surface area contributed by atoms with Crippen molar-refractivity contribution in [2.24, 2.45) is 0 Å². The first-order valence-corrected chi connectivity index (χ1v) is 15.8. The highest BCUT2D eigenvalue weighted by Crippen LogP contribution is 2.40. The van der Waals surface area contributed by atoms with Crippen molar-refractivity contribution in [1.29, 1.82) is 0 Å². The predicted molar refractivity (Wildman–Crippen MR) is 147 cm³/mol. The van der Waals surface area contributed by atoms with Gasteiger partial charge in [-0.25, -0.2) is 0 Å². The monoisotopic (exact) mass is 453 g/mol. The van der Waals surface area contributed by atoms with E-state index in [9.17, 15) is 0 Å². The maximum atomic E-state index is 4.91. The number of nitrogens with zero attached hydrogens (tertiary/aromatic N) is 1. The summed E-state index contributed by atoms with van der Waals surface area (Å²) in [6.07, 6.45) is 1.98. The van der Waals surface area contributed by atoms with Crippen LogP contribution in [0.2, 0.25) is 19.6 Å². The number of thiophene rings is 1. The number of fused-ring (bicyclic) bond motifs is 4. The molecule has 0 unspecified atom stereocenters. The van der Waals surface area contributed by atoms with Gasteiger partial charge in [-0.2, -0.15) is 0 Å². The maximum absolute atomic E-state index is 4.91. The molecule has 0 saturated heterocycles. The van der Waals surface area contributed by atoms with Crippen molar-refractivity contribution < 1.29 is 0 Å². The molecule has 0 aliphatic rings. The predicted octanol–water partition coefficient (Wildman–Crippen LogP) is 8.56. The summed E-state index contributed by atoms with van der Waals surface area (Å²) in [6, 6.07) is 18.7. The first kappa shape index (κ1) is 21.4. The molecular weight excluding hydrogens is 422 g/mol. The van der Waals surface area contributed by atoms with E-state index in [4.69, 9.17) is 4.98 Å². The molecule has 3 heteroatoms. The number of rotatable bonds is 3. The Bertz CT molecular complexity index is 1500. The molecule has 5 aromatic rings. The lowest BCUT2D eigenvalue weighted by Gasteiger charge is -2.16. The molecule has 0 amide bonds. The molecule has 0 saturated carbocycles. The minimum atomic E-state index is -1.35. The zero-order chi connectivity index (χ0) is 22.8. The van der Waals surface area contributed by atoms with E-state index in [0.717, 1.165) is 5.69 Å². The van der Waals surface area contributed by atoms with Crippen LogP contribution in [0.1, 0.15) is 36.5 Å². The molecule has 0 radical (unpaired) electrons. The van der Waals surface area contributed by atoms with Gasteiger partial charge >= 0.3 is 0 Å². The molecule has 0 bridgehead atoms. The highest BCUT2D eigenvalue weighted by atomic mass is 32.1. The Kier molecular flexibility index (Phi) is 5.03. The van der Waals surface area contributed by atoms with Crippen molar-refractivity contribution in [2.45, 2.75) is 53.3 Å². The molecule has 162 valence electrons. The molecule has 0 spiro atoms. The van der Waals surface area contributed by atoms with Crippen LogP contribution in [0, 0.1) is 13.8 Å². The van der Waals surface area contributed by atoms with Crippen LogP contribution in [0.3, 0.4) is 0 Å². The van der Waals surface area contributed by atoms with Gasteiger partial charge in [-0.15, -0.1) is 11.3 Å². The van der Waals surface area contributed by atoms with Crippen molar-refractivity contribution in [2.75, 3.05) is 0 Å². The summed E-state index contributed by atoms with van der Waals surface area (Å²) < 4.78 is 2.68. The Morgan fingerprint density at radius 1 is 0.812 bits per heavy atom. The molecular formula is C29H31NSSi. The van der Waals surface area contributed by atoms with Crippen LogP contribution < -0.4 is 5.19 Å². The molecule has 2 aromatic heterocycles. The van der Waals surface area contributed by atoms with Gasteiger partial charge in [0.2, 0.25) is 0 Å². The molecule has 0 aliphatic heterocycles. The van der Waals surface area contributed by atoms with Gasteiger partial charge in [-0.3, -0.25) is 4.98 Å². The molecule has 0 fully saturated rings. The summed E-state index contributed by atoms with van der Waals surface area (Å²) in [6.45, 7) is 16.2. The van der Waals surface area contributed by atoms with E-state index in [-0.39, 0.29) is 0 Å². The van der Waals surface area contributed by atoms with Crippen molar-refractivity contribution in [1.82, 2.24) is 4.98 Å². The molecule has 3 aromatic carbocycles. The molecule has 32 heavy (non-hydrogen) atoms. The van der Waals surface area contributed by atoms with Gasteiger partial charge in [-0.1, -0.05) is 62.9 Å². The van der Waals surface area contributed by atoms with Crippen molar-refractivity contribution in [3.05, 3.63) is 71.4 Å². The fourth-order valence-electron chi connectivity index (χ4n) is 4.65. The normalized spacial score (nSPS) is 12.5. The smallest absolute Gasteiger partial charge is 0.0880 e. The zero-order valence-electron chi connectivity index (χ0n) is 20.1. The third-order valence-electron chi connectivity index (χ3n) is 6.75. The van der Waals surface area contributed by atoms with E-state index in [1.54, 1.807) is 0 Å². The lowest BCUT2D eigenvalue weighted by Crippen LogP contribution is -2.37. The Morgan fingerprint density at radius 3 is 2.28 bits per heavy atom. The summed E-state index contributed by atoms with van der Waals surface area (Å²) in [5, 5.41) is 6.88. The number of benzene rings is 3. The molecule has 0 N–H and O–H groups in total. The second kappa shape index (κ2) is 7.53. The van der Waals surface area contributed by atoms with Gasteiger partial charge in [0.15, 0.2) is 0 Å². The molecule has 2 heterocycles. The SMILES string of the molecule is Cc1cc2cc(-c3nccc4c3sc3cc([Si](C)(C)C)ccc34)cc(C(C)C)c2cc1C. The molecule has 0 aliphatic carbocycles. The Morgan fingerprint density at radius 2 is 1.56 bits per heavy atom. The van der Waals surface area contributed by atoms with Gasteiger partial charge in [0.25, 0.3) is 0 Å². The second-order valence-corrected chi connectivity index (χ2v) is 16.6. The van der Waals surface area contributed by atoms with Crippen LogP contribution in [0.5, 0.6) is 0 Å². The minimum absolute atomic E-state index is 0.459. The highest BCUT2D eigenvalue weighted by Gasteiger charge is 2.19. The Balaban J connectivity index is 1.80.